The van der Waals surface area contributed by atoms with Crippen LogP contribution in [0.15, 0.2) is 188 Å². The van der Waals surface area contributed by atoms with E-state index in [2.05, 4.69) is 193 Å². The molecule has 0 radical (unpaired) electrons. The highest BCUT2D eigenvalue weighted by molar-refractivity contribution is 5.98. The molecule has 2 nitrogen and oxygen atoms in total. The molecule has 1 heterocycles. The van der Waals surface area contributed by atoms with Crippen molar-refractivity contribution in [3.05, 3.63) is 204 Å². The van der Waals surface area contributed by atoms with E-state index in [1.807, 2.05) is 0 Å². The second kappa shape index (κ2) is 12.7. The third-order valence-electron chi connectivity index (χ3n) is 10.9. The highest BCUT2D eigenvalue weighted by Crippen LogP contribution is 2.54. The molecule has 7 aromatic carbocycles. The van der Waals surface area contributed by atoms with Gasteiger partial charge in [0.1, 0.15) is 11.5 Å². The number of allylic oxidation sites excluding steroid dienone is 3. The predicted molar refractivity (Wildman–Crippen MR) is 217 cm³/mol. The molecule has 0 spiro atoms. The molecule has 7 aromatic rings. The summed E-state index contributed by atoms with van der Waals surface area (Å²) >= 11 is 0. The van der Waals surface area contributed by atoms with Gasteiger partial charge in [0.2, 0.25) is 0 Å². The minimum absolute atomic E-state index is 0.00410. The van der Waals surface area contributed by atoms with Crippen molar-refractivity contribution in [3.8, 4) is 39.1 Å². The molecule has 1 aliphatic heterocycles. The second-order valence-corrected chi connectivity index (χ2v) is 13.9. The summed E-state index contributed by atoms with van der Waals surface area (Å²) in [6.07, 6.45) is 13.4. The van der Waals surface area contributed by atoms with E-state index in [4.69, 9.17) is 4.74 Å². The summed E-state index contributed by atoms with van der Waals surface area (Å²) in [5.74, 6) is 2.01. The highest BCUT2D eigenvalue weighted by Gasteiger charge is 2.42. The first-order chi connectivity index (χ1) is 25.8. The third-order valence-corrected chi connectivity index (χ3v) is 10.9. The average Bonchev–Trinajstić information content (AvgIpc) is 3.61. The molecule has 3 aliphatic rings. The molecular weight excluding hydrogens is 631 g/mol. The molecule has 0 N–H and O–H groups in total. The van der Waals surface area contributed by atoms with Crippen molar-refractivity contribution >= 4 is 28.2 Å². The van der Waals surface area contributed by atoms with Crippen LogP contribution in [-0.4, -0.2) is 6.04 Å². The first-order valence-electron chi connectivity index (χ1n) is 18.3. The predicted octanol–water partition coefficient (Wildman–Crippen LogP) is 12.9. The minimum atomic E-state index is -0.0500. The van der Waals surface area contributed by atoms with Crippen LogP contribution < -0.4 is 9.64 Å². The van der Waals surface area contributed by atoms with Gasteiger partial charge in [0, 0.05) is 33.5 Å². The Morgan fingerprint density at radius 1 is 0.577 bits per heavy atom. The van der Waals surface area contributed by atoms with Crippen molar-refractivity contribution in [2.75, 3.05) is 4.90 Å². The number of ether oxygens (including phenoxy) is 1. The Bertz CT molecular complexity index is 2540. The Morgan fingerprint density at radius 2 is 1.23 bits per heavy atom. The van der Waals surface area contributed by atoms with Crippen LogP contribution in [0.5, 0.6) is 5.75 Å². The van der Waals surface area contributed by atoms with E-state index in [0.29, 0.717) is 0 Å². The normalized spacial score (nSPS) is 16.8. The first-order valence-corrected chi connectivity index (χ1v) is 18.3. The number of rotatable bonds is 6. The lowest BCUT2D eigenvalue weighted by atomic mass is 9.80. The molecular formula is C50H37NO. The number of para-hydroxylation sites is 1. The quantitative estimate of drug-likeness (QED) is 0.175. The van der Waals surface area contributed by atoms with Gasteiger partial charge in [0.05, 0.1) is 12.0 Å². The monoisotopic (exact) mass is 667 g/mol. The molecule has 0 bridgehead atoms. The van der Waals surface area contributed by atoms with Crippen molar-refractivity contribution in [1.29, 1.82) is 0 Å². The number of benzene rings is 7. The van der Waals surface area contributed by atoms with Gasteiger partial charge in [-0.05, 0) is 75.9 Å². The SMILES string of the molecule is C1=CC(N(c2ccccc2-c2ccc(-c3ccccc3)cc2)c2cccc3ccccc23)C2C(=C1)Oc1c2cc(-c2ccccc2)c2c1C=CCC2. The summed E-state index contributed by atoms with van der Waals surface area (Å²) in [4.78, 5) is 2.58. The summed E-state index contributed by atoms with van der Waals surface area (Å²) in [6.45, 7) is 0. The molecule has 0 saturated heterocycles. The fraction of sp³-hybridized carbons (Fsp3) is 0.0800. The van der Waals surface area contributed by atoms with E-state index >= 15 is 0 Å². The molecule has 2 atom stereocenters. The topological polar surface area (TPSA) is 12.5 Å². The maximum Gasteiger partial charge on any atom is 0.138 e. The maximum atomic E-state index is 6.94. The summed E-state index contributed by atoms with van der Waals surface area (Å²) in [7, 11) is 0. The van der Waals surface area contributed by atoms with Gasteiger partial charge in [0.25, 0.3) is 0 Å². The zero-order valence-corrected chi connectivity index (χ0v) is 28.8. The van der Waals surface area contributed by atoms with E-state index in [1.54, 1.807) is 0 Å². The van der Waals surface area contributed by atoms with Gasteiger partial charge in [0.15, 0.2) is 0 Å². The van der Waals surface area contributed by atoms with Gasteiger partial charge in [-0.3, -0.25) is 0 Å². The molecule has 248 valence electrons. The number of anilines is 2. The fourth-order valence-electron chi connectivity index (χ4n) is 8.55. The van der Waals surface area contributed by atoms with Gasteiger partial charge < -0.3 is 9.64 Å². The molecule has 0 fully saturated rings. The molecule has 0 amide bonds. The lowest BCUT2D eigenvalue weighted by molar-refractivity contribution is 0.414. The van der Waals surface area contributed by atoms with Crippen LogP contribution in [0, 0.1) is 0 Å². The molecule has 2 heteroatoms. The van der Waals surface area contributed by atoms with E-state index in [1.165, 1.54) is 66.5 Å². The molecule has 10 rings (SSSR count). The molecule has 52 heavy (non-hydrogen) atoms. The van der Waals surface area contributed by atoms with E-state index in [0.717, 1.165) is 30.0 Å². The Balaban J connectivity index is 1.17. The third kappa shape index (κ3) is 5.10. The molecule has 2 aliphatic carbocycles. The highest BCUT2D eigenvalue weighted by atomic mass is 16.5. The van der Waals surface area contributed by atoms with E-state index < -0.39 is 0 Å². The van der Waals surface area contributed by atoms with Gasteiger partial charge in [-0.1, -0.05) is 164 Å². The Kier molecular flexibility index (Phi) is 7.46. The number of hydrogen-bond acceptors (Lipinski definition) is 2. The van der Waals surface area contributed by atoms with Crippen LogP contribution in [0.2, 0.25) is 0 Å². The first kappa shape index (κ1) is 30.4. The largest absolute Gasteiger partial charge is 0.460 e. The number of fused-ring (bicyclic) bond motifs is 6. The smallest absolute Gasteiger partial charge is 0.138 e. The summed E-state index contributed by atoms with van der Waals surface area (Å²) < 4.78 is 6.94. The van der Waals surface area contributed by atoms with Gasteiger partial charge in [-0.25, -0.2) is 0 Å². The summed E-state index contributed by atoms with van der Waals surface area (Å²) in [6, 6.07) is 57.2. The van der Waals surface area contributed by atoms with Crippen molar-refractivity contribution in [2.24, 2.45) is 0 Å². The zero-order chi connectivity index (χ0) is 34.4. The van der Waals surface area contributed by atoms with Crippen molar-refractivity contribution in [2.45, 2.75) is 24.8 Å². The number of nitrogens with zero attached hydrogens (tertiary/aromatic N) is 1. The van der Waals surface area contributed by atoms with Gasteiger partial charge in [-0.2, -0.15) is 0 Å². The van der Waals surface area contributed by atoms with Crippen LogP contribution in [-0.2, 0) is 6.42 Å². The zero-order valence-electron chi connectivity index (χ0n) is 28.8. The van der Waals surface area contributed by atoms with Crippen LogP contribution in [0.25, 0.3) is 50.2 Å². The van der Waals surface area contributed by atoms with E-state index in [9.17, 15) is 0 Å². The van der Waals surface area contributed by atoms with Gasteiger partial charge in [-0.15, -0.1) is 0 Å². The van der Waals surface area contributed by atoms with E-state index in [-0.39, 0.29) is 12.0 Å². The molecule has 0 aromatic heterocycles. The summed E-state index contributed by atoms with van der Waals surface area (Å²) in [5, 5.41) is 2.44. The standard InChI is InChI=1S/C50H37NO/c1-3-15-34(16-4-1)35-29-31-38(32-30-35)40-22-11-12-25-45(40)51(46-26-13-20-36-19-7-8-21-39(36)46)47-27-14-28-48-49(47)44-33-43(37-17-5-2-6-18-37)41-23-9-10-24-42(41)50(44)52-48/h1-8,10-22,24-33,47,49H,9,23H2. The van der Waals surface area contributed by atoms with Crippen LogP contribution in [0.3, 0.4) is 0 Å². The van der Waals surface area contributed by atoms with Crippen LogP contribution >= 0.6 is 0 Å². The van der Waals surface area contributed by atoms with Crippen molar-refractivity contribution in [3.63, 3.8) is 0 Å². The Morgan fingerprint density at radius 3 is 2.08 bits per heavy atom. The minimum Gasteiger partial charge on any atom is -0.460 e. The Labute approximate surface area is 305 Å². The van der Waals surface area contributed by atoms with Crippen molar-refractivity contribution < 1.29 is 4.74 Å². The van der Waals surface area contributed by atoms with Crippen LogP contribution in [0.1, 0.15) is 29.0 Å². The maximum absolute atomic E-state index is 6.94. The molecule has 0 saturated carbocycles. The number of hydrogen-bond donors (Lipinski definition) is 0. The Hall–Kier alpha value is -6.38. The second-order valence-electron chi connectivity index (χ2n) is 13.9. The average molecular weight is 668 g/mol. The van der Waals surface area contributed by atoms with Gasteiger partial charge >= 0.3 is 0 Å². The van der Waals surface area contributed by atoms with Crippen molar-refractivity contribution in [1.82, 2.24) is 0 Å². The lowest BCUT2D eigenvalue weighted by Gasteiger charge is -2.38. The molecule has 2 unspecified atom stereocenters. The van der Waals surface area contributed by atoms with Crippen LogP contribution in [0.4, 0.5) is 11.4 Å². The fourth-order valence-corrected chi connectivity index (χ4v) is 8.55. The summed E-state index contributed by atoms with van der Waals surface area (Å²) in [5.41, 5.74) is 13.6. The lowest BCUT2D eigenvalue weighted by Crippen LogP contribution is -2.36.